The Morgan fingerprint density at radius 3 is 2.53 bits per heavy atom. The number of piperazine rings is 1. The van der Waals surface area contributed by atoms with Gasteiger partial charge in [-0.15, -0.1) is 0 Å². The molecule has 0 aliphatic carbocycles. The average Bonchev–Trinajstić information content (AvgIpc) is 2.63. The maximum Gasteiger partial charge on any atom is 0.332 e. The molecule has 0 spiro atoms. The van der Waals surface area contributed by atoms with E-state index in [2.05, 4.69) is 5.32 Å². The van der Waals surface area contributed by atoms with Gasteiger partial charge < -0.3 is 10.2 Å². The standard InChI is InChI=1S/C13H13N3O3/c1-8-2-4-9(5-3-8)16-12(18)10-6-14-11(17)7-15(10)13(16)19/h2-5,10H,6-7H2,1H3,(H,14,17). The van der Waals surface area contributed by atoms with Gasteiger partial charge in [-0.2, -0.15) is 0 Å². The van der Waals surface area contributed by atoms with Crippen molar-refractivity contribution < 1.29 is 14.4 Å². The molecule has 0 bridgehead atoms. The van der Waals surface area contributed by atoms with Crippen molar-refractivity contribution in [1.82, 2.24) is 10.2 Å². The summed E-state index contributed by atoms with van der Waals surface area (Å²) in [6.07, 6.45) is 0. The summed E-state index contributed by atoms with van der Waals surface area (Å²) in [5, 5.41) is 2.61. The van der Waals surface area contributed by atoms with E-state index in [9.17, 15) is 14.4 Å². The lowest BCUT2D eigenvalue weighted by atomic mass is 10.2. The quantitative estimate of drug-likeness (QED) is 0.736. The average molecular weight is 259 g/mol. The van der Waals surface area contributed by atoms with Crippen molar-refractivity contribution in [3.8, 4) is 0 Å². The monoisotopic (exact) mass is 259 g/mol. The summed E-state index contributed by atoms with van der Waals surface area (Å²) >= 11 is 0. The molecule has 2 heterocycles. The molecule has 4 amide bonds. The van der Waals surface area contributed by atoms with E-state index in [0.717, 1.165) is 10.5 Å². The van der Waals surface area contributed by atoms with Crippen LogP contribution in [0, 0.1) is 6.92 Å². The molecule has 6 nitrogen and oxygen atoms in total. The molecule has 2 aliphatic heterocycles. The molecule has 1 atom stereocenters. The Bertz CT molecular complexity index is 567. The van der Waals surface area contributed by atoms with Gasteiger partial charge in [0.1, 0.15) is 12.6 Å². The highest BCUT2D eigenvalue weighted by atomic mass is 16.2. The number of fused-ring (bicyclic) bond motifs is 1. The number of nitrogens with zero attached hydrogens (tertiary/aromatic N) is 2. The zero-order valence-corrected chi connectivity index (χ0v) is 10.4. The first-order valence-electron chi connectivity index (χ1n) is 6.06. The lowest BCUT2D eigenvalue weighted by molar-refractivity contribution is -0.126. The van der Waals surface area contributed by atoms with Crippen molar-refractivity contribution in [3.05, 3.63) is 29.8 Å². The maximum absolute atomic E-state index is 12.3. The summed E-state index contributed by atoms with van der Waals surface area (Å²) in [6, 6.07) is 6.16. The van der Waals surface area contributed by atoms with Gasteiger partial charge in [0.25, 0.3) is 5.91 Å². The molecule has 3 rings (SSSR count). The lowest BCUT2D eigenvalue weighted by Gasteiger charge is -2.26. The summed E-state index contributed by atoms with van der Waals surface area (Å²) in [4.78, 5) is 38.3. The number of nitrogens with one attached hydrogen (secondary N) is 1. The number of aryl methyl sites for hydroxylation is 1. The number of benzene rings is 1. The first-order valence-corrected chi connectivity index (χ1v) is 6.06. The number of hydrogen-bond acceptors (Lipinski definition) is 3. The number of urea groups is 1. The predicted octanol–water partition coefficient (Wildman–Crippen LogP) is 0.262. The highest BCUT2D eigenvalue weighted by Gasteiger charge is 2.48. The second-order valence-electron chi connectivity index (χ2n) is 4.74. The Morgan fingerprint density at radius 1 is 1.16 bits per heavy atom. The summed E-state index contributed by atoms with van der Waals surface area (Å²) in [5.41, 5.74) is 1.60. The molecule has 2 saturated heterocycles. The van der Waals surface area contributed by atoms with Gasteiger partial charge in [0.05, 0.1) is 5.69 Å². The molecule has 19 heavy (non-hydrogen) atoms. The first-order chi connectivity index (χ1) is 9.08. The second-order valence-corrected chi connectivity index (χ2v) is 4.74. The predicted molar refractivity (Wildman–Crippen MR) is 67.6 cm³/mol. The van der Waals surface area contributed by atoms with E-state index < -0.39 is 12.1 Å². The fraction of sp³-hybridized carbons (Fsp3) is 0.308. The van der Waals surface area contributed by atoms with Crippen LogP contribution in [0.25, 0.3) is 0 Å². The zero-order chi connectivity index (χ0) is 13.6. The summed E-state index contributed by atoms with van der Waals surface area (Å²) < 4.78 is 0. The summed E-state index contributed by atoms with van der Waals surface area (Å²) in [7, 11) is 0. The van der Waals surface area contributed by atoms with Crippen LogP contribution >= 0.6 is 0 Å². The minimum atomic E-state index is -0.577. The van der Waals surface area contributed by atoms with Gasteiger partial charge in [-0.25, -0.2) is 9.69 Å². The van der Waals surface area contributed by atoms with Crippen LogP contribution in [0.5, 0.6) is 0 Å². The van der Waals surface area contributed by atoms with Gasteiger partial charge in [0, 0.05) is 6.54 Å². The van der Waals surface area contributed by atoms with Crippen molar-refractivity contribution >= 4 is 23.5 Å². The van der Waals surface area contributed by atoms with Gasteiger partial charge in [0.2, 0.25) is 5.91 Å². The van der Waals surface area contributed by atoms with Crippen LogP contribution in [0.2, 0.25) is 0 Å². The molecule has 0 aromatic heterocycles. The molecule has 98 valence electrons. The van der Waals surface area contributed by atoms with Crippen LogP contribution in [0.4, 0.5) is 10.5 Å². The molecular formula is C13H13N3O3. The molecule has 1 N–H and O–H groups in total. The highest BCUT2D eigenvalue weighted by Crippen LogP contribution is 2.26. The maximum atomic E-state index is 12.3. The first kappa shape index (κ1) is 11.7. The molecule has 1 aromatic rings. The van der Waals surface area contributed by atoms with E-state index >= 15 is 0 Å². The third kappa shape index (κ3) is 1.76. The number of carbonyl (C=O) groups is 3. The third-order valence-corrected chi connectivity index (χ3v) is 3.42. The molecular weight excluding hydrogens is 246 g/mol. The Balaban J connectivity index is 1.95. The van der Waals surface area contributed by atoms with Crippen LogP contribution < -0.4 is 10.2 Å². The van der Waals surface area contributed by atoms with Crippen molar-refractivity contribution in [1.29, 1.82) is 0 Å². The molecule has 2 aliphatic rings. The van der Waals surface area contributed by atoms with Crippen molar-refractivity contribution in [2.45, 2.75) is 13.0 Å². The minimum Gasteiger partial charge on any atom is -0.352 e. The Kier molecular flexibility index (Phi) is 2.51. The lowest BCUT2D eigenvalue weighted by Crippen LogP contribution is -2.54. The third-order valence-electron chi connectivity index (χ3n) is 3.42. The number of hydrogen-bond donors (Lipinski definition) is 1. The molecule has 0 saturated carbocycles. The molecule has 1 aromatic carbocycles. The highest BCUT2D eigenvalue weighted by molar-refractivity contribution is 6.22. The van der Waals surface area contributed by atoms with Crippen LogP contribution in [-0.2, 0) is 9.59 Å². The van der Waals surface area contributed by atoms with Gasteiger partial charge in [0.15, 0.2) is 0 Å². The molecule has 1 unspecified atom stereocenters. The van der Waals surface area contributed by atoms with Crippen molar-refractivity contribution in [2.24, 2.45) is 0 Å². The summed E-state index contributed by atoms with van der Waals surface area (Å²) in [5.74, 6) is -0.517. The van der Waals surface area contributed by atoms with Crippen molar-refractivity contribution in [2.75, 3.05) is 18.0 Å². The SMILES string of the molecule is Cc1ccc(N2C(=O)C3CNC(=O)CN3C2=O)cc1. The minimum absolute atomic E-state index is 0.0579. The summed E-state index contributed by atoms with van der Waals surface area (Å²) in [6.45, 7) is 2.06. The van der Waals surface area contributed by atoms with Crippen LogP contribution in [-0.4, -0.2) is 41.9 Å². The smallest absolute Gasteiger partial charge is 0.332 e. The van der Waals surface area contributed by atoms with Gasteiger partial charge in [-0.1, -0.05) is 17.7 Å². The van der Waals surface area contributed by atoms with Gasteiger partial charge in [-0.3, -0.25) is 9.59 Å². The van der Waals surface area contributed by atoms with Crippen molar-refractivity contribution in [3.63, 3.8) is 0 Å². The van der Waals surface area contributed by atoms with E-state index in [1.165, 1.54) is 4.90 Å². The number of amides is 4. The number of carbonyl (C=O) groups excluding carboxylic acids is 3. The fourth-order valence-electron chi connectivity index (χ4n) is 2.37. The van der Waals surface area contributed by atoms with E-state index in [1.807, 2.05) is 19.1 Å². The fourth-order valence-corrected chi connectivity index (χ4v) is 2.37. The second kappa shape index (κ2) is 4.08. The number of imide groups is 1. The Hall–Kier alpha value is -2.37. The molecule has 2 fully saturated rings. The molecule has 6 heteroatoms. The molecule has 0 radical (unpaired) electrons. The van der Waals surface area contributed by atoms with Gasteiger partial charge in [-0.05, 0) is 19.1 Å². The number of anilines is 1. The van der Waals surface area contributed by atoms with Gasteiger partial charge >= 0.3 is 6.03 Å². The largest absolute Gasteiger partial charge is 0.352 e. The van der Waals surface area contributed by atoms with Crippen LogP contribution in [0.15, 0.2) is 24.3 Å². The van der Waals surface area contributed by atoms with E-state index in [-0.39, 0.29) is 24.9 Å². The van der Waals surface area contributed by atoms with E-state index in [0.29, 0.717) is 5.69 Å². The Morgan fingerprint density at radius 2 is 1.84 bits per heavy atom. The normalized spacial score (nSPS) is 22.6. The van der Waals surface area contributed by atoms with Crippen LogP contribution in [0.3, 0.4) is 0 Å². The van der Waals surface area contributed by atoms with E-state index in [4.69, 9.17) is 0 Å². The van der Waals surface area contributed by atoms with Crippen LogP contribution in [0.1, 0.15) is 5.56 Å². The zero-order valence-electron chi connectivity index (χ0n) is 10.4. The number of rotatable bonds is 1. The van der Waals surface area contributed by atoms with E-state index in [1.54, 1.807) is 12.1 Å². The Labute approximate surface area is 110 Å². The topological polar surface area (TPSA) is 69.7 Å².